The summed E-state index contributed by atoms with van der Waals surface area (Å²) >= 11 is 1.63. The standard InChI is InChI=1S/C23H30N4O2S/c28-21(10-9-18-5-1-2-6-18)26-12-14-27(15-13-26)22-20(8-3-11-24-22)23(29)25-17-19-7-4-16-30-19/h3-4,7-8,11,16,18H,1-2,5-6,9-10,12-15,17H2,(H,25,29). The summed E-state index contributed by atoms with van der Waals surface area (Å²) in [5.74, 6) is 1.62. The molecule has 0 spiro atoms. The minimum Gasteiger partial charge on any atom is -0.352 e. The molecular weight excluding hydrogens is 396 g/mol. The Morgan fingerprint density at radius 3 is 2.63 bits per heavy atom. The van der Waals surface area contributed by atoms with E-state index in [4.69, 9.17) is 0 Å². The monoisotopic (exact) mass is 426 g/mol. The van der Waals surface area contributed by atoms with Crippen LogP contribution in [0.4, 0.5) is 5.82 Å². The van der Waals surface area contributed by atoms with E-state index in [9.17, 15) is 9.59 Å². The molecule has 2 aliphatic rings. The van der Waals surface area contributed by atoms with Gasteiger partial charge in [0.15, 0.2) is 0 Å². The lowest BCUT2D eigenvalue weighted by Crippen LogP contribution is -2.49. The van der Waals surface area contributed by atoms with Crippen LogP contribution in [0.1, 0.15) is 53.8 Å². The molecule has 1 N–H and O–H groups in total. The number of amides is 2. The van der Waals surface area contributed by atoms with Gasteiger partial charge in [-0.25, -0.2) is 4.98 Å². The van der Waals surface area contributed by atoms with Crippen molar-refractivity contribution in [1.82, 2.24) is 15.2 Å². The van der Waals surface area contributed by atoms with Crippen LogP contribution in [0.25, 0.3) is 0 Å². The summed E-state index contributed by atoms with van der Waals surface area (Å²) in [6.45, 7) is 3.32. The van der Waals surface area contributed by atoms with Gasteiger partial charge in [-0.15, -0.1) is 11.3 Å². The Morgan fingerprint density at radius 2 is 1.90 bits per heavy atom. The molecule has 0 bridgehead atoms. The second kappa shape index (κ2) is 10.1. The molecule has 0 unspecified atom stereocenters. The Kier molecular flexibility index (Phi) is 7.00. The van der Waals surface area contributed by atoms with Gasteiger partial charge in [-0.05, 0) is 35.9 Å². The van der Waals surface area contributed by atoms with Crippen molar-refractivity contribution >= 4 is 29.0 Å². The van der Waals surface area contributed by atoms with Crippen LogP contribution in [-0.2, 0) is 11.3 Å². The van der Waals surface area contributed by atoms with Crippen molar-refractivity contribution in [2.45, 2.75) is 45.1 Å². The van der Waals surface area contributed by atoms with Crippen LogP contribution in [0.3, 0.4) is 0 Å². The van der Waals surface area contributed by atoms with Crippen molar-refractivity contribution in [3.63, 3.8) is 0 Å². The number of aromatic nitrogens is 1. The normalized spacial score (nSPS) is 17.3. The lowest BCUT2D eigenvalue weighted by molar-refractivity contribution is -0.131. The number of hydrogen-bond acceptors (Lipinski definition) is 5. The van der Waals surface area contributed by atoms with E-state index in [1.54, 1.807) is 23.6 Å². The van der Waals surface area contributed by atoms with Gasteiger partial charge in [0.05, 0.1) is 12.1 Å². The maximum absolute atomic E-state index is 12.7. The maximum atomic E-state index is 12.7. The zero-order valence-electron chi connectivity index (χ0n) is 17.4. The minimum absolute atomic E-state index is 0.110. The van der Waals surface area contributed by atoms with Crippen molar-refractivity contribution in [1.29, 1.82) is 0 Å². The van der Waals surface area contributed by atoms with Crippen molar-refractivity contribution in [3.05, 3.63) is 46.3 Å². The average molecular weight is 427 g/mol. The topological polar surface area (TPSA) is 65.5 Å². The van der Waals surface area contributed by atoms with Gasteiger partial charge >= 0.3 is 0 Å². The van der Waals surface area contributed by atoms with Crippen molar-refractivity contribution < 1.29 is 9.59 Å². The second-order valence-electron chi connectivity index (χ2n) is 8.19. The van der Waals surface area contributed by atoms with E-state index in [-0.39, 0.29) is 11.8 Å². The van der Waals surface area contributed by atoms with Crippen LogP contribution in [0, 0.1) is 5.92 Å². The van der Waals surface area contributed by atoms with E-state index in [0.29, 0.717) is 50.5 Å². The molecule has 0 atom stereocenters. The highest BCUT2D eigenvalue weighted by molar-refractivity contribution is 7.09. The van der Waals surface area contributed by atoms with Crippen LogP contribution < -0.4 is 10.2 Å². The van der Waals surface area contributed by atoms with Gasteiger partial charge in [0.2, 0.25) is 5.91 Å². The summed E-state index contributed by atoms with van der Waals surface area (Å²) < 4.78 is 0. The maximum Gasteiger partial charge on any atom is 0.255 e. The van der Waals surface area contributed by atoms with Gasteiger partial charge in [0.25, 0.3) is 5.91 Å². The van der Waals surface area contributed by atoms with Gasteiger partial charge < -0.3 is 15.1 Å². The number of carbonyl (C=O) groups is 2. The molecule has 1 saturated heterocycles. The van der Waals surface area contributed by atoms with Crippen LogP contribution >= 0.6 is 11.3 Å². The van der Waals surface area contributed by atoms with Crippen LogP contribution in [0.2, 0.25) is 0 Å². The van der Waals surface area contributed by atoms with E-state index < -0.39 is 0 Å². The highest BCUT2D eigenvalue weighted by Gasteiger charge is 2.25. The molecule has 0 radical (unpaired) electrons. The van der Waals surface area contributed by atoms with E-state index >= 15 is 0 Å². The summed E-state index contributed by atoms with van der Waals surface area (Å²) in [5.41, 5.74) is 0.593. The van der Waals surface area contributed by atoms with E-state index in [1.807, 2.05) is 28.5 Å². The largest absolute Gasteiger partial charge is 0.352 e. The Balaban J connectivity index is 1.30. The molecule has 160 valence electrons. The fourth-order valence-electron chi connectivity index (χ4n) is 4.45. The molecule has 2 aromatic heterocycles. The molecular formula is C23H30N4O2S. The third kappa shape index (κ3) is 5.19. The molecule has 3 heterocycles. The fourth-order valence-corrected chi connectivity index (χ4v) is 5.10. The van der Waals surface area contributed by atoms with E-state index in [0.717, 1.165) is 17.2 Å². The summed E-state index contributed by atoms with van der Waals surface area (Å²) in [5, 5.41) is 5.00. The quantitative estimate of drug-likeness (QED) is 0.733. The van der Waals surface area contributed by atoms with Crippen molar-refractivity contribution in [2.75, 3.05) is 31.1 Å². The van der Waals surface area contributed by atoms with Gasteiger partial charge in [0.1, 0.15) is 5.82 Å². The summed E-state index contributed by atoms with van der Waals surface area (Å²) in [6.07, 6.45) is 8.66. The molecule has 2 aromatic rings. The SMILES string of the molecule is O=C(NCc1cccs1)c1cccnc1N1CCN(C(=O)CCC2CCCC2)CC1. The number of hydrogen-bond donors (Lipinski definition) is 1. The number of piperazine rings is 1. The van der Waals surface area contributed by atoms with Crippen LogP contribution in [-0.4, -0.2) is 47.9 Å². The second-order valence-corrected chi connectivity index (χ2v) is 9.23. The third-order valence-electron chi connectivity index (χ3n) is 6.21. The molecule has 2 amide bonds. The Bertz CT molecular complexity index is 841. The Morgan fingerprint density at radius 1 is 1.10 bits per heavy atom. The average Bonchev–Trinajstić information content (AvgIpc) is 3.50. The van der Waals surface area contributed by atoms with E-state index in [1.165, 1.54) is 25.7 Å². The molecule has 4 rings (SSSR count). The summed E-state index contributed by atoms with van der Waals surface area (Å²) in [6, 6.07) is 7.62. The van der Waals surface area contributed by atoms with Crippen molar-refractivity contribution in [2.24, 2.45) is 5.92 Å². The first-order chi connectivity index (χ1) is 14.7. The zero-order valence-corrected chi connectivity index (χ0v) is 18.2. The number of rotatable bonds is 7. The first kappa shape index (κ1) is 20.8. The Labute approximate surface area is 182 Å². The molecule has 1 saturated carbocycles. The molecule has 1 aliphatic carbocycles. The number of nitrogens with zero attached hydrogens (tertiary/aromatic N) is 3. The summed E-state index contributed by atoms with van der Waals surface area (Å²) in [7, 11) is 0. The molecule has 2 fully saturated rings. The van der Waals surface area contributed by atoms with Gasteiger partial charge in [-0.3, -0.25) is 9.59 Å². The number of nitrogens with one attached hydrogen (secondary N) is 1. The number of thiophene rings is 1. The molecule has 1 aliphatic heterocycles. The molecule has 0 aromatic carbocycles. The Hall–Kier alpha value is -2.41. The predicted octanol–water partition coefficient (Wildman–Crippen LogP) is 3.69. The summed E-state index contributed by atoms with van der Waals surface area (Å²) in [4.78, 5) is 35.1. The lowest BCUT2D eigenvalue weighted by Gasteiger charge is -2.36. The first-order valence-corrected chi connectivity index (χ1v) is 11.9. The lowest BCUT2D eigenvalue weighted by atomic mass is 10.0. The molecule has 6 nitrogen and oxygen atoms in total. The van der Waals surface area contributed by atoms with Gasteiger partial charge in [0, 0.05) is 43.7 Å². The third-order valence-corrected chi connectivity index (χ3v) is 7.08. The van der Waals surface area contributed by atoms with Gasteiger partial charge in [-0.1, -0.05) is 31.7 Å². The predicted molar refractivity (Wildman–Crippen MR) is 120 cm³/mol. The highest BCUT2D eigenvalue weighted by atomic mass is 32.1. The van der Waals surface area contributed by atoms with Crippen LogP contribution in [0.15, 0.2) is 35.8 Å². The smallest absolute Gasteiger partial charge is 0.255 e. The molecule has 7 heteroatoms. The van der Waals surface area contributed by atoms with Crippen molar-refractivity contribution in [3.8, 4) is 0 Å². The van der Waals surface area contributed by atoms with E-state index in [2.05, 4.69) is 15.2 Å². The first-order valence-electron chi connectivity index (χ1n) is 11.0. The number of pyridine rings is 1. The highest BCUT2D eigenvalue weighted by Crippen LogP contribution is 2.29. The molecule has 30 heavy (non-hydrogen) atoms. The fraction of sp³-hybridized carbons (Fsp3) is 0.522. The zero-order chi connectivity index (χ0) is 20.8. The van der Waals surface area contributed by atoms with Gasteiger partial charge in [-0.2, -0.15) is 0 Å². The number of anilines is 1. The van der Waals surface area contributed by atoms with Crippen LogP contribution in [0.5, 0.6) is 0 Å². The minimum atomic E-state index is -0.110. The number of carbonyl (C=O) groups excluding carboxylic acids is 2.